The summed E-state index contributed by atoms with van der Waals surface area (Å²) in [6, 6.07) is 0. The molecule has 16 valence electrons. The molecule has 0 aromatic rings. The molecule has 0 N–H and O–H groups in total. The maximum atomic E-state index is 8.25. The molecule has 0 aliphatic heterocycles. The van der Waals surface area contributed by atoms with Crippen molar-refractivity contribution in [2.45, 2.75) is 0 Å². The molecule has 4 radical (unpaired) electrons. The van der Waals surface area contributed by atoms with Crippen LogP contribution in [0.15, 0.2) is 0 Å². The predicted molar refractivity (Wildman–Crippen MR) is 12.2 cm³/mol. The molecule has 0 aromatic heterocycles. The second-order valence-corrected chi connectivity index (χ2v) is 0. The first kappa shape index (κ1) is 17.7. The average molecular weight is 146 g/mol. The van der Waals surface area contributed by atoms with Crippen molar-refractivity contribution in [3.8, 4) is 0 Å². The Kier molecular flexibility index (Phi) is 107. The van der Waals surface area contributed by atoms with Crippen molar-refractivity contribution in [3.63, 3.8) is 0 Å². The second-order valence-electron chi connectivity index (χ2n) is 0. The summed E-state index contributed by atoms with van der Waals surface area (Å²) in [5.41, 5.74) is 0. The Bertz CT molecular complexity index is 8.00. The number of rotatable bonds is 0. The number of hydrogen-bond acceptors (Lipinski definition) is 1. The van der Waals surface area contributed by atoms with Gasteiger partial charge in [0.2, 0.25) is 0 Å². The minimum absolute atomic E-state index is 0. The van der Waals surface area contributed by atoms with E-state index in [4.69, 9.17) is 3.78 Å². The van der Waals surface area contributed by atoms with Crippen LogP contribution >= 0.6 is 0 Å². The van der Waals surface area contributed by atoms with Crippen LogP contribution in [0.3, 0.4) is 0 Å². The zero-order valence-electron chi connectivity index (χ0n) is 2.36. The zero-order chi connectivity index (χ0) is 2.00. The van der Waals surface area contributed by atoms with Gasteiger partial charge in [-0.25, -0.2) is 0 Å². The van der Waals surface area contributed by atoms with E-state index in [1.165, 1.54) is 0 Å². The fourth-order valence-corrected chi connectivity index (χ4v) is 0. The van der Waals surface area contributed by atoms with Crippen molar-refractivity contribution in [1.82, 2.24) is 0 Å². The summed E-state index contributed by atoms with van der Waals surface area (Å²) < 4.78 is 8.25. The fourth-order valence-electron chi connectivity index (χ4n) is 0. The maximum Gasteiger partial charge on any atom is 0 e. The average Bonchev–Trinajstić information content (AvgIpc) is 1.00. The van der Waals surface area contributed by atoms with Crippen LogP contribution in [0.25, 0.3) is 0 Å². The summed E-state index contributed by atoms with van der Waals surface area (Å²) in [7, 11) is 0. The molecule has 0 aromatic carbocycles. The Morgan fingerprint density at radius 3 is 1.25 bits per heavy atom. The van der Waals surface area contributed by atoms with E-state index in [-0.39, 0.29) is 37.4 Å². The first-order valence-electron chi connectivity index (χ1n) is 0.204. The Labute approximate surface area is 57.4 Å². The Morgan fingerprint density at radius 2 is 1.25 bits per heavy atom. The Morgan fingerprint density at radius 1 is 1.25 bits per heavy atom. The van der Waals surface area contributed by atoms with Gasteiger partial charge in [-0.1, -0.05) is 0 Å². The van der Waals surface area contributed by atoms with Crippen molar-refractivity contribution < 1.29 is 22.3 Å². The van der Waals surface area contributed by atoms with Crippen LogP contribution in [0.1, 0.15) is 0 Å². The van der Waals surface area contributed by atoms with Gasteiger partial charge in [0.15, 0.2) is 0 Å². The summed E-state index contributed by atoms with van der Waals surface area (Å²) in [6.45, 7) is 0. The zero-order valence-corrected chi connectivity index (χ0v) is 5.85. The summed E-state index contributed by atoms with van der Waals surface area (Å²) in [4.78, 5) is 0. The third-order valence-electron chi connectivity index (χ3n) is 0. The molecule has 0 amide bonds. The molecular weight excluding hydrogens is 146 g/mol. The molecule has 0 unspecified atom stereocenters. The Balaban J connectivity index is -0.00000000500. The minimum atomic E-state index is 0. The third-order valence-corrected chi connectivity index (χ3v) is 0. The molecule has 0 fully saturated rings. The van der Waals surface area contributed by atoms with Gasteiger partial charge in [0.1, 0.15) is 0 Å². The Hall–Kier alpha value is 1.52. The van der Waals surface area contributed by atoms with Gasteiger partial charge in [-0.2, -0.15) is 0 Å². The fraction of sp³-hybridized carbons (Fsp3) is 0. The van der Waals surface area contributed by atoms with Crippen molar-refractivity contribution in [1.29, 1.82) is 0 Å². The smallest absolute Gasteiger partial charge is 0 e. The van der Waals surface area contributed by atoms with Crippen LogP contribution in [-0.2, 0) is 22.3 Å². The van der Waals surface area contributed by atoms with Gasteiger partial charge in [0, 0.05) is 37.4 Å². The summed E-state index contributed by atoms with van der Waals surface area (Å²) in [5.74, 6) is 0. The molecule has 0 bridgehead atoms. The van der Waals surface area contributed by atoms with E-state index >= 15 is 0 Å². The molecule has 0 spiro atoms. The molecule has 0 saturated heterocycles. The van der Waals surface area contributed by atoms with Crippen LogP contribution in [0.5, 0.6) is 0 Å². The third kappa shape index (κ3) is 9.66. The van der Waals surface area contributed by atoms with E-state index < -0.39 is 0 Å². The van der Waals surface area contributed by atoms with Crippen LogP contribution in [0, 0.1) is 0 Å². The van der Waals surface area contributed by atoms with Gasteiger partial charge < -0.3 is 0 Å². The monoisotopic (exact) mass is 148 g/mol. The van der Waals surface area contributed by atoms with Crippen molar-refractivity contribution in [2.24, 2.45) is 0 Å². The molecule has 0 aliphatic carbocycles. The molecule has 0 saturated carbocycles. The first-order chi connectivity index (χ1) is 1.00. The SMILES string of the molecule is [Li].[O]=[Ge].[V]. The molecule has 4 heavy (non-hydrogen) atoms. The quantitative estimate of drug-likeness (QED) is 0.406. The predicted octanol–water partition coefficient (Wildman–Crippen LogP) is -0.883. The molecule has 0 atom stereocenters. The largest absolute Gasteiger partial charge is 0 e. The number of hydrogen-bond donors (Lipinski definition) is 0. The van der Waals surface area contributed by atoms with Gasteiger partial charge >= 0.3 is 20.2 Å². The van der Waals surface area contributed by atoms with Crippen LogP contribution in [-0.4, -0.2) is 35.3 Å². The van der Waals surface area contributed by atoms with Gasteiger partial charge in [0.25, 0.3) is 0 Å². The summed E-state index contributed by atoms with van der Waals surface area (Å²) >= 11 is 0.750. The molecule has 0 heterocycles. The van der Waals surface area contributed by atoms with Crippen LogP contribution in [0.2, 0.25) is 0 Å². The summed E-state index contributed by atoms with van der Waals surface area (Å²) in [6.07, 6.45) is 0. The van der Waals surface area contributed by atoms with Crippen LogP contribution < -0.4 is 0 Å². The second kappa shape index (κ2) is 24.2. The van der Waals surface area contributed by atoms with E-state index in [1.807, 2.05) is 0 Å². The summed E-state index contributed by atoms with van der Waals surface area (Å²) in [5, 5.41) is 0. The van der Waals surface area contributed by atoms with Gasteiger partial charge in [0.05, 0.1) is 0 Å². The van der Waals surface area contributed by atoms with Crippen LogP contribution in [0.4, 0.5) is 0 Å². The van der Waals surface area contributed by atoms with Gasteiger partial charge in [-0.15, -0.1) is 0 Å². The van der Waals surface area contributed by atoms with E-state index in [2.05, 4.69) is 0 Å². The van der Waals surface area contributed by atoms with E-state index in [0.717, 1.165) is 16.5 Å². The first-order valence-corrected chi connectivity index (χ1v) is 1.06. The van der Waals surface area contributed by atoms with Gasteiger partial charge in [-0.3, -0.25) is 0 Å². The van der Waals surface area contributed by atoms with Crippen molar-refractivity contribution >= 4 is 35.3 Å². The normalized spacial score (nSPS) is 1.00. The van der Waals surface area contributed by atoms with Gasteiger partial charge in [-0.05, 0) is 0 Å². The maximum absolute atomic E-state index is 8.25. The van der Waals surface area contributed by atoms with E-state index in [1.54, 1.807) is 0 Å². The molecule has 4 heteroatoms. The molecule has 0 aliphatic rings. The standard InChI is InChI=1S/GeO.Li.V/c1-2;;. The topological polar surface area (TPSA) is 17.1 Å². The molecule has 0 rings (SSSR count). The molecule has 1 nitrogen and oxygen atoms in total. The molecular formula is GeLiOV. The van der Waals surface area contributed by atoms with Crippen molar-refractivity contribution in [2.75, 3.05) is 0 Å². The van der Waals surface area contributed by atoms with E-state index in [0.29, 0.717) is 0 Å². The van der Waals surface area contributed by atoms with E-state index in [9.17, 15) is 0 Å². The van der Waals surface area contributed by atoms with Crippen molar-refractivity contribution in [3.05, 3.63) is 0 Å². The minimum Gasteiger partial charge on any atom is 0 e.